The Morgan fingerprint density at radius 2 is 2.00 bits per heavy atom. The number of halogens is 3. The van der Waals surface area contributed by atoms with Crippen molar-refractivity contribution in [3.05, 3.63) is 52.3 Å². The fourth-order valence-corrected chi connectivity index (χ4v) is 3.74. The van der Waals surface area contributed by atoms with Crippen molar-refractivity contribution in [3.63, 3.8) is 0 Å². The lowest BCUT2D eigenvalue weighted by molar-refractivity contribution is -0.141. The summed E-state index contributed by atoms with van der Waals surface area (Å²) in [6.07, 6.45) is -2.26. The first-order valence-corrected chi connectivity index (χ1v) is 9.55. The molecule has 3 aromatic heterocycles. The van der Waals surface area contributed by atoms with Crippen LogP contribution in [0.2, 0.25) is 0 Å². The number of carbonyl (C=O) groups excluding carboxylic acids is 1. The number of hydrogen-bond donors (Lipinski definition) is 0. The van der Waals surface area contributed by atoms with Crippen molar-refractivity contribution >= 4 is 17.2 Å². The van der Waals surface area contributed by atoms with Gasteiger partial charge in [-0.2, -0.15) is 29.5 Å². The van der Waals surface area contributed by atoms with Crippen LogP contribution in [0.1, 0.15) is 40.7 Å². The van der Waals surface area contributed by atoms with E-state index in [4.69, 9.17) is 4.52 Å². The van der Waals surface area contributed by atoms with Gasteiger partial charge in [0, 0.05) is 36.1 Å². The first kappa shape index (κ1) is 18.6. The van der Waals surface area contributed by atoms with Gasteiger partial charge in [-0.25, -0.2) is 0 Å². The number of nitrogens with zero attached hydrogens (tertiary/aromatic N) is 4. The number of amides is 1. The number of rotatable bonds is 3. The molecule has 1 fully saturated rings. The van der Waals surface area contributed by atoms with Crippen molar-refractivity contribution < 1.29 is 22.5 Å². The maximum absolute atomic E-state index is 12.6. The van der Waals surface area contributed by atoms with E-state index < -0.39 is 11.9 Å². The molecule has 0 N–H and O–H groups in total. The van der Waals surface area contributed by atoms with Crippen LogP contribution in [0, 0.1) is 0 Å². The molecule has 6 nitrogen and oxygen atoms in total. The number of aromatic nitrogens is 3. The number of likely N-dealkylation sites (tertiary alicyclic amines) is 1. The molecular weight excluding hydrogens is 393 g/mol. The monoisotopic (exact) mass is 408 g/mol. The highest BCUT2D eigenvalue weighted by Gasteiger charge is 2.33. The molecule has 146 valence electrons. The van der Waals surface area contributed by atoms with E-state index in [1.165, 1.54) is 0 Å². The van der Waals surface area contributed by atoms with Gasteiger partial charge in [-0.3, -0.25) is 9.78 Å². The Bertz CT molecular complexity index is 946. The summed E-state index contributed by atoms with van der Waals surface area (Å²) < 4.78 is 43.2. The Morgan fingerprint density at radius 1 is 1.21 bits per heavy atom. The third-order valence-electron chi connectivity index (χ3n) is 4.65. The zero-order valence-electron chi connectivity index (χ0n) is 14.5. The Hall–Kier alpha value is -2.75. The number of piperidine rings is 1. The van der Waals surface area contributed by atoms with Gasteiger partial charge < -0.3 is 9.42 Å². The summed E-state index contributed by atoms with van der Waals surface area (Å²) in [6, 6.07) is 3.90. The van der Waals surface area contributed by atoms with Gasteiger partial charge in [0.05, 0.1) is 5.56 Å². The fraction of sp³-hybridized carbons (Fsp3) is 0.333. The molecule has 1 aliphatic heterocycles. The second-order valence-corrected chi connectivity index (χ2v) is 7.24. The maximum Gasteiger partial charge on any atom is 0.433 e. The van der Waals surface area contributed by atoms with Crippen molar-refractivity contribution in [1.29, 1.82) is 0 Å². The van der Waals surface area contributed by atoms with Crippen LogP contribution >= 0.6 is 11.3 Å². The van der Waals surface area contributed by atoms with Crippen LogP contribution in [-0.4, -0.2) is 39.0 Å². The van der Waals surface area contributed by atoms with Gasteiger partial charge in [0.25, 0.3) is 5.91 Å². The molecular formula is C18H15F3N4O2S. The van der Waals surface area contributed by atoms with Gasteiger partial charge >= 0.3 is 6.18 Å². The molecule has 0 aliphatic carbocycles. The third-order valence-corrected chi connectivity index (χ3v) is 5.34. The molecule has 4 rings (SSSR count). The molecule has 0 bridgehead atoms. The predicted molar refractivity (Wildman–Crippen MR) is 94.7 cm³/mol. The third kappa shape index (κ3) is 3.77. The van der Waals surface area contributed by atoms with Crippen molar-refractivity contribution in [1.82, 2.24) is 20.0 Å². The topological polar surface area (TPSA) is 72.1 Å². The van der Waals surface area contributed by atoms with E-state index in [1.807, 2.05) is 16.8 Å². The molecule has 28 heavy (non-hydrogen) atoms. The normalized spacial score (nSPS) is 15.8. The van der Waals surface area contributed by atoms with E-state index in [0.29, 0.717) is 37.6 Å². The van der Waals surface area contributed by atoms with Crippen LogP contribution in [0.15, 0.2) is 39.7 Å². The summed E-state index contributed by atoms with van der Waals surface area (Å²) in [5.74, 6) is 0.814. The fourth-order valence-electron chi connectivity index (χ4n) is 3.11. The van der Waals surface area contributed by atoms with Crippen LogP contribution < -0.4 is 0 Å². The minimum atomic E-state index is -4.52. The lowest BCUT2D eigenvalue weighted by Crippen LogP contribution is -2.38. The van der Waals surface area contributed by atoms with E-state index in [2.05, 4.69) is 15.1 Å². The van der Waals surface area contributed by atoms with Gasteiger partial charge in [-0.05, 0) is 36.4 Å². The largest absolute Gasteiger partial charge is 0.433 e. The Labute approximate surface area is 162 Å². The molecule has 0 spiro atoms. The summed E-state index contributed by atoms with van der Waals surface area (Å²) in [5.41, 5.74) is 0.0342. The standard InChI is InChI=1S/C18H15F3N4O2S/c19-18(20,21)14-2-1-12(9-22-14)17(26)25-6-3-11(4-7-25)16-23-15(24-27-16)13-5-8-28-10-13/h1-2,5,8-11H,3-4,6-7H2. The highest BCUT2D eigenvalue weighted by molar-refractivity contribution is 7.08. The molecule has 0 radical (unpaired) electrons. The summed E-state index contributed by atoms with van der Waals surface area (Å²) in [4.78, 5) is 21.9. The SMILES string of the molecule is O=C(c1ccc(C(F)(F)F)nc1)N1CCC(c2nc(-c3ccsc3)no2)CC1. The number of alkyl halides is 3. The van der Waals surface area contributed by atoms with Crippen molar-refractivity contribution in [2.24, 2.45) is 0 Å². The Balaban J connectivity index is 1.38. The highest BCUT2D eigenvalue weighted by Crippen LogP contribution is 2.30. The number of thiophene rings is 1. The van der Waals surface area contributed by atoms with Gasteiger partial charge in [0.1, 0.15) is 5.69 Å². The molecule has 0 atom stereocenters. The number of hydrogen-bond acceptors (Lipinski definition) is 6. The predicted octanol–water partition coefficient (Wildman–Crippen LogP) is 4.23. The van der Waals surface area contributed by atoms with Gasteiger partial charge in [-0.15, -0.1) is 0 Å². The maximum atomic E-state index is 12.6. The van der Waals surface area contributed by atoms with Crippen LogP contribution in [0.25, 0.3) is 11.4 Å². The van der Waals surface area contributed by atoms with E-state index in [1.54, 1.807) is 16.2 Å². The lowest BCUT2D eigenvalue weighted by Gasteiger charge is -2.30. The van der Waals surface area contributed by atoms with Gasteiger partial charge in [-0.1, -0.05) is 5.16 Å². The molecule has 4 heterocycles. The number of carbonyl (C=O) groups is 1. The second-order valence-electron chi connectivity index (χ2n) is 6.46. The average Bonchev–Trinajstić information content (AvgIpc) is 3.38. The zero-order valence-corrected chi connectivity index (χ0v) is 15.3. The van der Waals surface area contributed by atoms with Crippen molar-refractivity contribution in [2.45, 2.75) is 24.9 Å². The molecule has 10 heteroatoms. The molecule has 0 saturated carbocycles. The smallest absolute Gasteiger partial charge is 0.339 e. The summed E-state index contributed by atoms with van der Waals surface area (Å²) in [6.45, 7) is 0.918. The number of pyridine rings is 1. The van der Waals surface area contributed by atoms with Crippen molar-refractivity contribution in [2.75, 3.05) is 13.1 Å². The van der Waals surface area contributed by atoms with Gasteiger partial charge in [0.2, 0.25) is 11.7 Å². The highest BCUT2D eigenvalue weighted by atomic mass is 32.1. The first-order chi connectivity index (χ1) is 13.4. The van der Waals surface area contributed by atoms with Crippen molar-refractivity contribution in [3.8, 4) is 11.4 Å². The zero-order chi connectivity index (χ0) is 19.7. The molecule has 3 aromatic rings. The van der Waals surface area contributed by atoms with E-state index >= 15 is 0 Å². The molecule has 0 unspecified atom stereocenters. The molecule has 1 saturated heterocycles. The second kappa shape index (κ2) is 7.34. The quantitative estimate of drug-likeness (QED) is 0.649. The van der Waals surface area contributed by atoms with Crippen LogP contribution in [-0.2, 0) is 6.18 Å². The van der Waals surface area contributed by atoms with Gasteiger partial charge in [0.15, 0.2) is 0 Å². The van der Waals surface area contributed by atoms with Crippen LogP contribution in [0.3, 0.4) is 0 Å². The van der Waals surface area contributed by atoms with E-state index in [9.17, 15) is 18.0 Å². The van der Waals surface area contributed by atoms with Crippen LogP contribution in [0.4, 0.5) is 13.2 Å². The summed E-state index contributed by atoms with van der Waals surface area (Å²) >= 11 is 1.55. The minimum Gasteiger partial charge on any atom is -0.339 e. The Kier molecular flexibility index (Phi) is 4.88. The van der Waals surface area contributed by atoms with Crippen LogP contribution in [0.5, 0.6) is 0 Å². The van der Waals surface area contributed by atoms with E-state index in [-0.39, 0.29) is 17.4 Å². The van der Waals surface area contributed by atoms with E-state index in [0.717, 1.165) is 23.9 Å². The molecule has 1 amide bonds. The average molecular weight is 408 g/mol. The summed E-state index contributed by atoms with van der Waals surface area (Å²) in [5, 5.41) is 7.88. The minimum absolute atomic E-state index is 0.0506. The molecule has 0 aromatic carbocycles. The lowest BCUT2D eigenvalue weighted by atomic mass is 9.96. The Morgan fingerprint density at radius 3 is 2.61 bits per heavy atom. The summed E-state index contributed by atoms with van der Waals surface area (Å²) in [7, 11) is 0. The molecule has 1 aliphatic rings. The first-order valence-electron chi connectivity index (χ1n) is 8.60.